The maximum Gasteiger partial charge on any atom is 0.118 e. The molecule has 0 bridgehead atoms. The molecule has 0 aromatic heterocycles. The smallest absolute Gasteiger partial charge is 0.118 e. The summed E-state index contributed by atoms with van der Waals surface area (Å²) in [7, 11) is 1.67. The summed E-state index contributed by atoms with van der Waals surface area (Å²) in [6, 6.07) is 18.1. The monoisotopic (exact) mass is 285 g/mol. The fourth-order valence-corrected chi connectivity index (χ4v) is 2.29. The van der Waals surface area contributed by atoms with E-state index in [0.29, 0.717) is 12.6 Å². The Morgan fingerprint density at radius 2 is 1.71 bits per heavy atom. The molecular formula is C18H23NO2. The molecule has 21 heavy (non-hydrogen) atoms. The van der Waals surface area contributed by atoms with Gasteiger partial charge in [0.25, 0.3) is 0 Å². The molecular weight excluding hydrogens is 262 g/mol. The zero-order valence-electron chi connectivity index (χ0n) is 12.6. The van der Waals surface area contributed by atoms with Crippen LogP contribution in [-0.4, -0.2) is 24.8 Å². The number of hydrogen-bond acceptors (Lipinski definition) is 3. The lowest BCUT2D eigenvalue weighted by molar-refractivity contribution is 0.170. The van der Waals surface area contributed by atoms with Crippen LogP contribution in [0.1, 0.15) is 24.2 Å². The van der Waals surface area contributed by atoms with Crippen LogP contribution in [0.25, 0.3) is 0 Å². The van der Waals surface area contributed by atoms with E-state index in [9.17, 15) is 5.11 Å². The minimum Gasteiger partial charge on any atom is -0.497 e. The summed E-state index contributed by atoms with van der Waals surface area (Å²) in [6.45, 7) is 2.68. The lowest BCUT2D eigenvalue weighted by Gasteiger charge is -2.17. The van der Waals surface area contributed by atoms with E-state index in [4.69, 9.17) is 4.74 Å². The second kappa shape index (κ2) is 7.81. The van der Waals surface area contributed by atoms with Crippen molar-refractivity contribution < 1.29 is 9.84 Å². The van der Waals surface area contributed by atoms with Crippen molar-refractivity contribution in [3.63, 3.8) is 0 Å². The van der Waals surface area contributed by atoms with Gasteiger partial charge < -0.3 is 15.2 Å². The molecule has 112 valence electrons. The molecule has 2 N–H and O–H groups in total. The summed E-state index contributed by atoms with van der Waals surface area (Å²) in [4.78, 5) is 0. The van der Waals surface area contributed by atoms with Crippen LogP contribution in [0.15, 0.2) is 54.6 Å². The van der Waals surface area contributed by atoms with Crippen LogP contribution >= 0.6 is 0 Å². The summed E-state index contributed by atoms with van der Waals surface area (Å²) in [6.07, 6.45) is 0.454. The SMILES string of the molecule is COc1ccc(CC(C)NC[C@H](O)c2ccccc2)cc1. The number of benzene rings is 2. The first kappa shape index (κ1) is 15.5. The molecule has 0 spiro atoms. The maximum absolute atomic E-state index is 10.1. The van der Waals surface area contributed by atoms with E-state index < -0.39 is 6.10 Å². The highest BCUT2D eigenvalue weighted by molar-refractivity contribution is 5.27. The van der Waals surface area contributed by atoms with E-state index in [1.54, 1.807) is 7.11 Å². The van der Waals surface area contributed by atoms with E-state index in [2.05, 4.69) is 24.4 Å². The Hall–Kier alpha value is -1.84. The Morgan fingerprint density at radius 1 is 1.05 bits per heavy atom. The first-order chi connectivity index (χ1) is 10.2. The number of ether oxygens (including phenoxy) is 1. The molecule has 0 saturated carbocycles. The standard InChI is InChI=1S/C18H23NO2/c1-14(12-15-8-10-17(21-2)11-9-15)19-13-18(20)16-6-4-3-5-7-16/h3-11,14,18-20H,12-13H2,1-2H3/t14?,18-/m0/s1. The fraction of sp³-hybridized carbons (Fsp3) is 0.333. The first-order valence-electron chi connectivity index (χ1n) is 7.28. The number of aliphatic hydroxyl groups excluding tert-OH is 1. The Balaban J connectivity index is 1.80. The molecule has 3 nitrogen and oxygen atoms in total. The molecule has 1 unspecified atom stereocenters. The largest absolute Gasteiger partial charge is 0.497 e. The lowest BCUT2D eigenvalue weighted by Crippen LogP contribution is -2.32. The Kier molecular flexibility index (Phi) is 5.78. The first-order valence-corrected chi connectivity index (χ1v) is 7.28. The number of methoxy groups -OCH3 is 1. The van der Waals surface area contributed by atoms with Gasteiger partial charge in [-0.25, -0.2) is 0 Å². The van der Waals surface area contributed by atoms with Gasteiger partial charge in [-0.15, -0.1) is 0 Å². The van der Waals surface area contributed by atoms with Gasteiger partial charge in [0.15, 0.2) is 0 Å². The van der Waals surface area contributed by atoms with Crippen molar-refractivity contribution in [3.05, 3.63) is 65.7 Å². The molecule has 0 saturated heterocycles. The quantitative estimate of drug-likeness (QED) is 0.822. The maximum atomic E-state index is 10.1. The zero-order chi connectivity index (χ0) is 15.1. The second-order valence-corrected chi connectivity index (χ2v) is 5.29. The average Bonchev–Trinajstić information content (AvgIpc) is 2.54. The number of aliphatic hydroxyl groups is 1. The van der Waals surface area contributed by atoms with Gasteiger partial charge in [-0.1, -0.05) is 42.5 Å². The average molecular weight is 285 g/mol. The highest BCUT2D eigenvalue weighted by atomic mass is 16.5. The molecule has 0 aliphatic heterocycles. The molecule has 2 rings (SSSR count). The summed E-state index contributed by atoms with van der Waals surface area (Å²) in [5.41, 5.74) is 2.20. The topological polar surface area (TPSA) is 41.5 Å². The van der Waals surface area contributed by atoms with Crippen LogP contribution in [0.5, 0.6) is 5.75 Å². The summed E-state index contributed by atoms with van der Waals surface area (Å²) >= 11 is 0. The molecule has 3 heteroatoms. The zero-order valence-corrected chi connectivity index (χ0v) is 12.6. The van der Waals surface area contributed by atoms with Crippen molar-refractivity contribution in [2.45, 2.75) is 25.5 Å². The third-order valence-corrected chi connectivity index (χ3v) is 3.54. The Morgan fingerprint density at radius 3 is 2.33 bits per heavy atom. The van der Waals surface area contributed by atoms with Gasteiger partial charge in [-0.3, -0.25) is 0 Å². The number of rotatable bonds is 7. The molecule has 2 atom stereocenters. The van der Waals surface area contributed by atoms with E-state index >= 15 is 0 Å². The summed E-state index contributed by atoms with van der Waals surface area (Å²) in [5.74, 6) is 0.874. The Bertz CT molecular complexity index is 525. The van der Waals surface area contributed by atoms with E-state index in [1.165, 1.54) is 5.56 Å². The van der Waals surface area contributed by atoms with Gasteiger partial charge in [-0.05, 0) is 36.6 Å². The fourth-order valence-electron chi connectivity index (χ4n) is 2.29. The highest BCUT2D eigenvalue weighted by Gasteiger charge is 2.09. The van der Waals surface area contributed by atoms with Gasteiger partial charge >= 0.3 is 0 Å². The van der Waals surface area contributed by atoms with Gasteiger partial charge in [0.1, 0.15) is 5.75 Å². The number of nitrogens with one attached hydrogen (secondary N) is 1. The van der Waals surface area contributed by atoms with Gasteiger partial charge in [-0.2, -0.15) is 0 Å². The summed E-state index contributed by atoms with van der Waals surface area (Å²) in [5, 5.41) is 13.5. The summed E-state index contributed by atoms with van der Waals surface area (Å²) < 4.78 is 5.15. The molecule has 2 aromatic rings. The van der Waals surface area contributed by atoms with Crippen LogP contribution in [0.4, 0.5) is 0 Å². The molecule has 0 radical (unpaired) electrons. The van der Waals surface area contributed by atoms with Crippen LogP contribution in [-0.2, 0) is 6.42 Å². The van der Waals surface area contributed by atoms with Crippen LogP contribution in [0, 0.1) is 0 Å². The molecule has 0 amide bonds. The third-order valence-electron chi connectivity index (χ3n) is 3.54. The van der Waals surface area contributed by atoms with Gasteiger partial charge in [0.05, 0.1) is 13.2 Å². The van der Waals surface area contributed by atoms with Crippen molar-refractivity contribution in [2.75, 3.05) is 13.7 Å². The van der Waals surface area contributed by atoms with Crippen LogP contribution < -0.4 is 10.1 Å². The Labute approximate surface area is 126 Å². The lowest BCUT2D eigenvalue weighted by atomic mass is 10.1. The van der Waals surface area contributed by atoms with Crippen molar-refractivity contribution >= 4 is 0 Å². The highest BCUT2D eigenvalue weighted by Crippen LogP contribution is 2.14. The van der Waals surface area contributed by atoms with Crippen LogP contribution in [0.3, 0.4) is 0 Å². The van der Waals surface area contributed by atoms with Crippen molar-refractivity contribution in [3.8, 4) is 5.75 Å². The number of hydrogen-bond donors (Lipinski definition) is 2. The molecule has 0 heterocycles. The van der Waals surface area contributed by atoms with Crippen molar-refractivity contribution in [1.29, 1.82) is 0 Å². The molecule has 0 aliphatic rings. The predicted octanol–water partition coefficient (Wildman–Crippen LogP) is 2.95. The molecule has 2 aromatic carbocycles. The van der Waals surface area contributed by atoms with Crippen LogP contribution in [0.2, 0.25) is 0 Å². The second-order valence-electron chi connectivity index (χ2n) is 5.29. The predicted molar refractivity (Wildman–Crippen MR) is 85.6 cm³/mol. The molecule has 0 aliphatic carbocycles. The van der Waals surface area contributed by atoms with Gasteiger partial charge in [0, 0.05) is 12.6 Å². The van der Waals surface area contributed by atoms with E-state index in [0.717, 1.165) is 17.7 Å². The van der Waals surface area contributed by atoms with Crippen molar-refractivity contribution in [2.24, 2.45) is 0 Å². The third kappa shape index (κ3) is 4.88. The van der Waals surface area contributed by atoms with Gasteiger partial charge in [0.2, 0.25) is 0 Å². The van der Waals surface area contributed by atoms with E-state index in [1.807, 2.05) is 42.5 Å². The van der Waals surface area contributed by atoms with Crippen molar-refractivity contribution in [1.82, 2.24) is 5.32 Å². The minimum atomic E-state index is -0.468. The molecule has 0 fully saturated rings. The normalized spacial score (nSPS) is 13.7. The van der Waals surface area contributed by atoms with E-state index in [-0.39, 0.29) is 0 Å². The minimum absolute atomic E-state index is 0.303.